The summed E-state index contributed by atoms with van der Waals surface area (Å²) in [7, 11) is 0. The van der Waals surface area contributed by atoms with Crippen LogP contribution >= 0.6 is 0 Å². The van der Waals surface area contributed by atoms with Gasteiger partial charge in [0.15, 0.2) is 0 Å². The van der Waals surface area contributed by atoms with Crippen LogP contribution < -0.4 is 5.73 Å². The molecule has 2 N–H and O–H groups in total. The van der Waals surface area contributed by atoms with Gasteiger partial charge in [-0.3, -0.25) is 0 Å². The van der Waals surface area contributed by atoms with E-state index in [0.717, 1.165) is 17.6 Å². The summed E-state index contributed by atoms with van der Waals surface area (Å²) in [6.45, 7) is 8.61. The van der Waals surface area contributed by atoms with E-state index >= 15 is 0 Å². The zero-order valence-corrected chi connectivity index (χ0v) is 12.6. The molecule has 0 unspecified atom stereocenters. The lowest BCUT2D eigenvalue weighted by atomic mass is 9.80. The van der Waals surface area contributed by atoms with E-state index in [-0.39, 0.29) is 5.41 Å². The van der Waals surface area contributed by atoms with E-state index in [1.165, 1.54) is 32.1 Å². The summed E-state index contributed by atoms with van der Waals surface area (Å²) in [6, 6.07) is 0. The minimum atomic E-state index is -0.0770. The van der Waals surface area contributed by atoms with E-state index in [0.29, 0.717) is 11.9 Å². The van der Waals surface area contributed by atoms with Gasteiger partial charge in [-0.05, 0) is 31.6 Å². The molecule has 1 heterocycles. The van der Waals surface area contributed by atoms with Crippen LogP contribution in [-0.4, -0.2) is 15.0 Å². The summed E-state index contributed by atoms with van der Waals surface area (Å²) in [5.74, 6) is 3.44. The summed E-state index contributed by atoms with van der Waals surface area (Å²) >= 11 is 0. The largest absolute Gasteiger partial charge is 0.368 e. The standard InChI is InChI=1S/C15H26N4/c1-5-10-6-8-11(9-7-10)12-17-13(15(2,3)4)19-14(16)18-12/h10-11H,5-9H2,1-4H3,(H2,16,17,18,19). The number of anilines is 1. The maximum absolute atomic E-state index is 5.85. The van der Waals surface area contributed by atoms with E-state index in [1.807, 2.05) is 0 Å². The third kappa shape index (κ3) is 3.43. The summed E-state index contributed by atoms with van der Waals surface area (Å²) < 4.78 is 0. The molecule has 1 aliphatic carbocycles. The Hall–Kier alpha value is -1.19. The van der Waals surface area contributed by atoms with Crippen LogP contribution in [0.2, 0.25) is 0 Å². The van der Waals surface area contributed by atoms with Gasteiger partial charge in [0, 0.05) is 11.3 Å². The lowest BCUT2D eigenvalue weighted by molar-refractivity contribution is 0.311. The third-order valence-corrected chi connectivity index (χ3v) is 4.13. The predicted molar refractivity (Wildman–Crippen MR) is 77.9 cm³/mol. The van der Waals surface area contributed by atoms with E-state index in [1.54, 1.807) is 0 Å². The van der Waals surface area contributed by atoms with Gasteiger partial charge >= 0.3 is 0 Å². The molecule has 106 valence electrons. The van der Waals surface area contributed by atoms with Crippen LogP contribution in [0.3, 0.4) is 0 Å². The highest BCUT2D eigenvalue weighted by atomic mass is 15.1. The SMILES string of the molecule is CCC1CCC(c2nc(N)nc(C(C)(C)C)n2)CC1. The fourth-order valence-corrected chi connectivity index (χ4v) is 2.76. The van der Waals surface area contributed by atoms with Crippen LogP contribution in [0.4, 0.5) is 5.95 Å². The lowest BCUT2D eigenvalue weighted by Gasteiger charge is -2.27. The quantitative estimate of drug-likeness (QED) is 0.886. The molecule has 0 atom stereocenters. The molecule has 0 amide bonds. The molecule has 0 bridgehead atoms. The van der Waals surface area contributed by atoms with E-state index in [4.69, 9.17) is 5.73 Å². The first kappa shape index (κ1) is 14.2. The fourth-order valence-electron chi connectivity index (χ4n) is 2.76. The number of nitrogens with two attached hydrogens (primary N) is 1. The molecule has 19 heavy (non-hydrogen) atoms. The normalized spacial score (nSPS) is 24.4. The van der Waals surface area contributed by atoms with Crippen molar-refractivity contribution >= 4 is 5.95 Å². The maximum Gasteiger partial charge on any atom is 0.223 e. The van der Waals surface area contributed by atoms with Gasteiger partial charge in [-0.25, -0.2) is 4.98 Å². The van der Waals surface area contributed by atoms with Crippen molar-refractivity contribution in [3.05, 3.63) is 11.6 Å². The molecule has 1 saturated carbocycles. The molecule has 1 aromatic heterocycles. The Morgan fingerprint density at radius 1 is 1.05 bits per heavy atom. The molecule has 1 aromatic rings. The average Bonchev–Trinajstić information content (AvgIpc) is 2.37. The van der Waals surface area contributed by atoms with E-state index < -0.39 is 0 Å². The Balaban J connectivity index is 2.19. The molecule has 1 aliphatic rings. The Morgan fingerprint density at radius 3 is 2.21 bits per heavy atom. The van der Waals surface area contributed by atoms with Crippen molar-refractivity contribution in [2.75, 3.05) is 5.73 Å². The second-order valence-electron chi connectivity index (χ2n) is 6.75. The predicted octanol–water partition coefficient (Wildman–Crippen LogP) is 3.44. The molecule has 4 heteroatoms. The summed E-state index contributed by atoms with van der Waals surface area (Å²) in [4.78, 5) is 13.3. The second kappa shape index (κ2) is 5.43. The van der Waals surface area contributed by atoms with Crippen molar-refractivity contribution < 1.29 is 0 Å². The van der Waals surface area contributed by atoms with Gasteiger partial charge in [-0.15, -0.1) is 0 Å². The topological polar surface area (TPSA) is 64.7 Å². The van der Waals surface area contributed by atoms with Gasteiger partial charge in [0.2, 0.25) is 5.95 Å². The first-order valence-electron chi connectivity index (χ1n) is 7.42. The summed E-state index contributed by atoms with van der Waals surface area (Å²) in [6.07, 6.45) is 6.24. The van der Waals surface area contributed by atoms with Gasteiger partial charge in [0.1, 0.15) is 11.6 Å². The Bertz CT molecular complexity index is 428. The zero-order valence-electron chi connectivity index (χ0n) is 12.6. The van der Waals surface area contributed by atoms with Gasteiger partial charge in [0.05, 0.1) is 0 Å². The molecule has 0 spiro atoms. The van der Waals surface area contributed by atoms with Gasteiger partial charge in [-0.2, -0.15) is 9.97 Å². The minimum absolute atomic E-state index is 0.0770. The van der Waals surface area contributed by atoms with Crippen molar-refractivity contribution in [1.82, 2.24) is 15.0 Å². The Labute approximate surface area is 116 Å². The second-order valence-corrected chi connectivity index (χ2v) is 6.75. The Kier molecular flexibility index (Phi) is 4.07. The van der Waals surface area contributed by atoms with Gasteiger partial charge in [-0.1, -0.05) is 34.1 Å². The number of hydrogen-bond acceptors (Lipinski definition) is 4. The van der Waals surface area contributed by atoms with Crippen LogP contribution in [0.25, 0.3) is 0 Å². The first-order chi connectivity index (χ1) is 8.90. The lowest BCUT2D eigenvalue weighted by Crippen LogP contribution is -2.22. The number of rotatable bonds is 2. The Morgan fingerprint density at radius 2 is 1.68 bits per heavy atom. The highest BCUT2D eigenvalue weighted by Crippen LogP contribution is 2.36. The van der Waals surface area contributed by atoms with Crippen LogP contribution in [0.1, 0.15) is 77.4 Å². The average molecular weight is 262 g/mol. The highest BCUT2D eigenvalue weighted by Gasteiger charge is 2.26. The van der Waals surface area contributed by atoms with E-state index in [2.05, 4.69) is 42.6 Å². The maximum atomic E-state index is 5.85. The third-order valence-electron chi connectivity index (χ3n) is 4.13. The number of nitrogens with zero attached hydrogens (tertiary/aromatic N) is 3. The van der Waals surface area contributed by atoms with Crippen LogP contribution in [0.15, 0.2) is 0 Å². The molecule has 4 nitrogen and oxygen atoms in total. The van der Waals surface area contributed by atoms with E-state index in [9.17, 15) is 0 Å². The summed E-state index contributed by atoms with van der Waals surface area (Å²) in [5, 5.41) is 0. The molecule has 1 fully saturated rings. The first-order valence-corrected chi connectivity index (χ1v) is 7.42. The zero-order chi connectivity index (χ0) is 14.0. The molecule has 0 saturated heterocycles. The number of hydrogen-bond donors (Lipinski definition) is 1. The molecule has 0 radical (unpaired) electrons. The van der Waals surface area contributed by atoms with Crippen LogP contribution in [0.5, 0.6) is 0 Å². The number of nitrogen functional groups attached to an aromatic ring is 1. The minimum Gasteiger partial charge on any atom is -0.368 e. The summed E-state index contributed by atoms with van der Waals surface area (Å²) in [5.41, 5.74) is 5.78. The van der Waals surface area contributed by atoms with Crippen molar-refractivity contribution in [1.29, 1.82) is 0 Å². The van der Waals surface area contributed by atoms with Crippen molar-refractivity contribution in [3.63, 3.8) is 0 Å². The van der Waals surface area contributed by atoms with Crippen molar-refractivity contribution in [2.24, 2.45) is 5.92 Å². The van der Waals surface area contributed by atoms with Crippen LogP contribution in [-0.2, 0) is 5.41 Å². The number of aromatic nitrogens is 3. The van der Waals surface area contributed by atoms with Gasteiger partial charge < -0.3 is 5.73 Å². The van der Waals surface area contributed by atoms with Crippen molar-refractivity contribution in [3.8, 4) is 0 Å². The fraction of sp³-hybridized carbons (Fsp3) is 0.800. The smallest absolute Gasteiger partial charge is 0.223 e. The molecular formula is C15H26N4. The monoisotopic (exact) mass is 262 g/mol. The van der Waals surface area contributed by atoms with Crippen molar-refractivity contribution in [2.45, 2.75) is 71.1 Å². The molecule has 0 aliphatic heterocycles. The molecular weight excluding hydrogens is 236 g/mol. The van der Waals surface area contributed by atoms with Crippen LogP contribution in [0, 0.1) is 5.92 Å². The molecule has 2 rings (SSSR count). The van der Waals surface area contributed by atoms with Gasteiger partial charge in [0.25, 0.3) is 0 Å². The molecule has 0 aromatic carbocycles. The highest BCUT2D eigenvalue weighted by molar-refractivity contribution is 5.20.